The van der Waals surface area contributed by atoms with E-state index in [0.29, 0.717) is 12.5 Å². The van der Waals surface area contributed by atoms with Crippen LogP contribution < -0.4 is 5.32 Å². The monoisotopic (exact) mass is 184 g/mol. The average Bonchev–Trinajstić information content (AvgIpc) is 1.79. The molecular weight excluding hydrogens is 164 g/mol. The first-order chi connectivity index (χ1) is 5.87. The standard InChI is InChI=1S/C10H20N2O/c1-10(2,3)5-9(13)11-8-6-12(4)7-8/h8H,5-7H2,1-4H3,(H,11,13). The van der Waals surface area contributed by atoms with Crippen molar-refractivity contribution >= 4 is 5.91 Å². The van der Waals surface area contributed by atoms with Crippen molar-refractivity contribution < 1.29 is 4.79 Å². The number of hydrogen-bond acceptors (Lipinski definition) is 2. The SMILES string of the molecule is CN1CC(NC(=O)CC(C)(C)C)C1. The molecule has 0 atom stereocenters. The van der Waals surface area contributed by atoms with Crippen molar-refractivity contribution in [3.8, 4) is 0 Å². The van der Waals surface area contributed by atoms with Crippen molar-refractivity contribution in [2.45, 2.75) is 33.2 Å². The van der Waals surface area contributed by atoms with Crippen LogP contribution in [0.4, 0.5) is 0 Å². The Morgan fingerprint density at radius 2 is 2.00 bits per heavy atom. The molecule has 1 amide bonds. The normalized spacial score (nSPS) is 19.7. The Morgan fingerprint density at radius 1 is 1.46 bits per heavy atom. The van der Waals surface area contributed by atoms with Gasteiger partial charge < -0.3 is 10.2 Å². The Bertz CT molecular complexity index is 190. The topological polar surface area (TPSA) is 32.3 Å². The van der Waals surface area contributed by atoms with E-state index in [1.807, 2.05) is 0 Å². The van der Waals surface area contributed by atoms with Crippen LogP contribution in [0.3, 0.4) is 0 Å². The van der Waals surface area contributed by atoms with Gasteiger partial charge in [0.2, 0.25) is 5.91 Å². The lowest BCUT2D eigenvalue weighted by atomic mass is 9.91. The summed E-state index contributed by atoms with van der Waals surface area (Å²) >= 11 is 0. The van der Waals surface area contributed by atoms with Crippen LogP contribution in [-0.2, 0) is 4.79 Å². The first-order valence-corrected chi connectivity index (χ1v) is 4.85. The average molecular weight is 184 g/mol. The molecule has 0 bridgehead atoms. The fourth-order valence-corrected chi connectivity index (χ4v) is 1.55. The number of nitrogens with zero attached hydrogens (tertiary/aromatic N) is 1. The van der Waals surface area contributed by atoms with E-state index >= 15 is 0 Å². The summed E-state index contributed by atoms with van der Waals surface area (Å²) < 4.78 is 0. The third-order valence-electron chi connectivity index (χ3n) is 2.12. The van der Waals surface area contributed by atoms with Crippen LogP contribution in [0.15, 0.2) is 0 Å². The lowest BCUT2D eigenvalue weighted by molar-refractivity contribution is -0.124. The summed E-state index contributed by atoms with van der Waals surface area (Å²) in [6, 6.07) is 0.389. The molecule has 1 N–H and O–H groups in total. The van der Waals surface area contributed by atoms with Crippen LogP contribution in [-0.4, -0.2) is 37.0 Å². The fraction of sp³-hybridized carbons (Fsp3) is 0.900. The largest absolute Gasteiger partial charge is 0.351 e. The number of likely N-dealkylation sites (N-methyl/N-ethyl adjacent to an activating group) is 1. The number of nitrogens with one attached hydrogen (secondary N) is 1. The Morgan fingerprint density at radius 3 is 2.38 bits per heavy atom. The Hall–Kier alpha value is -0.570. The lowest BCUT2D eigenvalue weighted by Crippen LogP contribution is -2.57. The van der Waals surface area contributed by atoms with Crippen LogP contribution in [0.5, 0.6) is 0 Å². The van der Waals surface area contributed by atoms with Crippen molar-refractivity contribution in [3.05, 3.63) is 0 Å². The van der Waals surface area contributed by atoms with Gasteiger partial charge in [0.1, 0.15) is 0 Å². The van der Waals surface area contributed by atoms with E-state index in [0.717, 1.165) is 13.1 Å². The van der Waals surface area contributed by atoms with Gasteiger partial charge in [0, 0.05) is 19.5 Å². The highest BCUT2D eigenvalue weighted by molar-refractivity contribution is 5.77. The highest BCUT2D eigenvalue weighted by atomic mass is 16.1. The Kier molecular flexibility index (Phi) is 2.96. The van der Waals surface area contributed by atoms with Crippen LogP contribution in [0.1, 0.15) is 27.2 Å². The van der Waals surface area contributed by atoms with Gasteiger partial charge in [-0.25, -0.2) is 0 Å². The van der Waals surface area contributed by atoms with Crippen molar-refractivity contribution in [3.63, 3.8) is 0 Å². The highest BCUT2D eigenvalue weighted by Gasteiger charge is 2.25. The lowest BCUT2D eigenvalue weighted by Gasteiger charge is -2.37. The van der Waals surface area contributed by atoms with Gasteiger partial charge in [-0.3, -0.25) is 4.79 Å². The predicted molar refractivity (Wildman–Crippen MR) is 53.5 cm³/mol. The molecule has 0 aliphatic carbocycles. The molecular formula is C10H20N2O. The summed E-state index contributed by atoms with van der Waals surface area (Å²) in [5, 5.41) is 3.02. The zero-order valence-corrected chi connectivity index (χ0v) is 9.05. The van der Waals surface area contributed by atoms with E-state index in [2.05, 4.69) is 38.0 Å². The number of carbonyl (C=O) groups excluding carboxylic acids is 1. The van der Waals surface area contributed by atoms with E-state index in [9.17, 15) is 4.79 Å². The fourth-order valence-electron chi connectivity index (χ4n) is 1.55. The van der Waals surface area contributed by atoms with Crippen molar-refractivity contribution in [1.29, 1.82) is 0 Å². The van der Waals surface area contributed by atoms with E-state index in [1.165, 1.54) is 0 Å². The predicted octanol–water partition coefficient (Wildman–Crippen LogP) is 0.853. The van der Waals surface area contributed by atoms with E-state index in [4.69, 9.17) is 0 Å². The maximum Gasteiger partial charge on any atom is 0.220 e. The van der Waals surface area contributed by atoms with Crippen molar-refractivity contribution in [2.24, 2.45) is 5.41 Å². The van der Waals surface area contributed by atoms with Gasteiger partial charge in [-0.05, 0) is 12.5 Å². The molecule has 0 aromatic carbocycles. The molecule has 1 saturated heterocycles. The molecule has 76 valence electrons. The van der Waals surface area contributed by atoms with Gasteiger partial charge in [-0.1, -0.05) is 20.8 Å². The second kappa shape index (κ2) is 3.66. The third-order valence-corrected chi connectivity index (χ3v) is 2.12. The minimum atomic E-state index is 0.0970. The molecule has 1 heterocycles. The molecule has 0 radical (unpaired) electrons. The molecule has 1 aliphatic rings. The molecule has 3 nitrogen and oxygen atoms in total. The van der Waals surface area contributed by atoms with E-state index in [-0.39, 0.29) is 11.3 Å². The van der Waals surface area contributed by atoms with Crippen LogP contribution in [0, 0.1) is 5.41 Å². The molecule has 0 saturated carbocycles. The quantitative estimate of drug-likeness (QED) is 0.690. The number of hydrogen-bond donors (Lipinski definition) is 1. The molecule has 0 unspecified atom stereocenters. The van der Waals surface area contributed by atoms with Gasteiger partial charge >= 0.3 is 0 Å². The summed E-state index contributed by atoms with van der Waals surface area (Å²) in [7, 11) is 2.06. The first kappa shape index (κ1) is 10.5. The summed E-state index contributed by atoms with van der Waals surface area (Å²) in [6.07, 6.45) is 0.618. The van der Waals surface area contributed by atoms with Gasteiger partial charge in [-0.2, -0.15) is 0 Å². The van der Waals surface area contributed by atoms with Crippen molar-refractivity contribution in [1.82, 2.24) is 10.2 Å². The Balaban J connectivity index is 2.19. The van der Waals surface area contributed by atoms with Crippen LogP contribution in [0.25, 0.3) is 0 Å². The van der Waals surface area contributed by atoms with Gasteiger partial charge in [0.15, 0.2) is 0 Å². The van der Waals surface area contributed by atoms with Gasteiger partial charge in [0.25, 0.3) is 0 Å². The second-order valence-corrected chi connectivity index (χ2v) is 5.22. The zero-order valence-electron chi connectivity index (χ0n) is 9.05. The molecule has 1 fully saturated rings. The smallest absolute Gasteiger partial charge is 0.220 e. The number of likely N-dealkylation sites (tertiary alicyclic amines) is 1. The van der Waals surface area contributed by atoms with Crippen LogP contribution in [0.2, 0.25) is 0 Å². The minimum absolute atomic E-state index is 0.0970. The number of rotatable bonds is 2. The van der Waals surface area contributed by atoms with E-state index < -0.39 is 0 Å². The van der Waals surface area contributed by atoms with Gasteiger partial charge in [-0.15, -0.1) is 0 Å². The number of amides is 1. The molecule has 0 spiro atoms. The van der Waals surface area contributed by atoms with Gasteiger partial charge in [0.05, 0.1) is 6.04 Å². The molecule has 0 aromatic heterocycles. The first-order valence-electron chi connectivity index (χ1n) is 4.85. The van der Waals surface area contributed by atoms with Crippen molar-refractivity contribution in [2.75, 3.05) is 20.1 Å². The molecule has 3 heteroatoms. The Labute approximate surface area is 80.5 Å². The van der Waals surface area contributed by atoms with Crippen LogP contribution >= 0.6 is 0 Å². The van der Waals surface area contributed by atoms with E-state index in [1.54, 1.807) is 0 Å². The summed E-state index contributed by atoms with van der Waals surface area (Å²) in [5.41, 5.74) is 0.0970. The third kappa shape index (κ3) is 3.77. The molecule has 1 aliphatic heterocycles. The molecule has 13 heavy (non-hydrogen) atoms. The summed E-state index contributed by atoms with van der Waals surface area (Å²) in [4.78, 5) is 13.6. The maximum absolute atomic E-state index is 11.4. The zero-order chi connectivity index (χ0) is 10.1. The number of carbonyl (C=O) groups is 1. The summed E-state index contributed by atoms with van der Waals surface area (Å²) in [5.74, 6) is 0.186. The minimum Gasteiger partial charge on any atom is -0.351 e. The maximum atomic E-state index is 11.4. The second-order valence-electron chi connectivity index (χ2n) is 5.22. The summed E-state index contributed by atoms with van der Waals surface area (Å²) in [6.45, 7) is 8.24. The highest BCUT2D eigenvalue weighted by Crippen LogP contribution is 2.18. The molecule has 1 rings (SSSR count). The molecule has 0 aromatic rings.